The van der Waals surface area contributed by atoms with Crippen LogP contribution in [0.15, 0.2) is 18.2 Å². The number of benzene rings is 1. The van der Waals surface area contributed by atoms with Gasteiger partial charge in [-0.3, -0.25) is 9.59 Å². The first-order chi connectivity index (χ1) is 15.2. The molecule has 3 unspecified atom stereocenters. The fourth-order valence-corrected chi connectivity index (χ4v) is 3.54. The third-order valence-corrected chi connectivity index (χ3v) is 5.38. The summed E-state index contributed by atoms with van der Waals surface area (Å²) in [4.78, 5) is 40.9. The summed E-state index contributed by atoms with van der Waals surface area (Å²) >= 11 is 4.27. The van der Waals surface area contributed by atoms with Crippen molar-refractivity contribution in [1.82, 2.24) is 15.5 Å². The van der Waals surface area contributed by atoms with Crippen molar-refractivity contribution in [2.24, 2.45) is 0 Å². The highest BCUT2D eigenvalue weighted by molar-refractivity contribution is 7.80. The van der Waals surface area contributed by atoms with Crippen LogP contribution in [0.4, 0.5) is 4.79 Å². The van der Waals surface area contributed by atoms with Crippen LogP contribution in [0.5, 0.6) is 5.75 Å². The number of amides is 3. The monoisotopic (exact) mass is 481 g/mol. The van der Waals surface area contributed by atoms with Crippen LogP contribution in [0.2, 0.25) is 0 Å². The molecule has 0 radical (unpaired) electrons. The second kappa shape index (κ2) is 12.2. The maximum atomic E-state index is 13.7. The number of phenols is 1. The van der Waals surface area contributed by atoms with Crippen molar-refractivity contribution in [2.75, 3.05) is 5.75 Å². The van der Waals surface area contributed by atoms with Crippen molar-refractivity contribution in [1.29, 1.82) is 0 Å². The predicted octanol–water partition coefficient (Wildman–Crippen LogP) is 3.72. The number of nitrogens with zero attached hydrogens (tertiary/aromatic N) is 1. The Morgan fingerprint density at radius 2 is 1.76 bits per heavy atom. The molecule has 9 heteroatoms. The van der Waals surface area contributed by atoms with Gasteiger partial charge in [0.2, 0.25) is 11.8 Å². The first kappa shape index (κ1) is 28.6. The van der Waals surface area contributed by atoms with Crippen LogP contribution in [0.25, 0.3) is 0 Å². The van der Waals surface area contributed by atoms with E-state index in [1.165, 1.54) is 4.90 Å². The van der Waals surface area contributed by atoms with E-state index in [-0.39, 0.29) is 23.6 Å². The van der Waals surface area contributed by atoms with E-state index in [9.17, 15) is 19.5 Å². The summed E-state index contributed by atoms with van der Waals surface area (Å²) in [7, 11) is 0. The van der Waals surface area contributed by atoms with Gasteiger partial charge in [-0.2, -0.15) is 12.6 Å². The fraction of sp³-hybridized carbons (Fsp3) is 0.625. The first-order valence-electron chi connectivity index (χ1n) is 11.2. The highest BCUT2D eigenvalue weighted by Gasteiger charge is 2.39. The lowest BCUT2D eigenvalue weighted by molar-refractivity contribution is -0.144. The van der Waals surface area contributed by atoms with Gasteiger partial charge in [-0.1, -0.05) is 25.1 Å². The number of para-hydroxylation sites is 1. The molecule has 33 heavy (non-hydrogen) atoms. The molecule has 0 heterocycles. The summed E-state index contributed by atoms with van der Waals surface area (Å²) in [5, 5.41) is 16.2. The van der Waals surface area contributed by atoms with Gasteiger partial charge in [0.15, 0.2) is 0 Å². The summed E-state index contributed by atoms with van der Waals surface area (Å²) in [6.07, 6.45) is -0.198. The normalized spacial score (nSPS) is 14.2. The Hall–Kier alpha value is -2.42. The molecule has 186 valence electrons. The summed E-state index contributed by atoms with van der Waals surface area (Å²) in [6.45, 7) is 14.3. The largest absolute Gasteiger partial charge is 0.507 e. The first-order valence-corrected chi connectivity index (χ1v) is 11.9. The van der Waals surface area contributed by atoms with E-state index in [2.05, 4.69) is 23.3 Å². The summed E-state index contributed by atoms with van der Waals surface area (Å²) in [5.74, 6) is -0.960. The minimum absolute atomic E-state index is 0.00330. The molecule has 0 fully saturated rings. The number of carbonyl (C=O) groups is 3. The second-order valence-electron chi connectivity index (χ2n) is 9.46. The van der Waals surface area contributed by atoms with Crippen LogP contribution in [-0.4, -0.2) is 57.4 Å². The van der Waals surface area contributed by atoms with Gasteiger partial charge in [-0.05, 0) is 60.5 Å². The topological polar surface area (TPSA) is 108 Å². The van der Waals surface area contributed by atoms with Crippen molar-refractivity contribution in [3.05, 3.63) is 29.3 Å². The molecular formula is C24H39N3O5S. The lowest BCUT2D eigenvalue weighted by atomic mass is 9.97. The van der Waals surface area contributed by atoms with Gasteiger partial charge in [0.25, 0.3) is 0 Å². The zero-order valence-corrected chi connectivity index (χ0v) is 21.8. The molecule has 0 aromatic heterocycles. The second-order valence-corrected chi connectivity index (χ2v) is 9.83. The number of alkyl carbamates (subject to hydrolysis) is 1. The van der Waals surface area contributed by atoms with Crippen molar-refractivity contribution in [2.45, 2.75) is 91.6 Å². The molecule has 0 aliphatic rings. The number of ether oxygens (including phenoxy) is 1. The van der Waals surface area contributed by atoms with Gasteiger partial charge in [-0.15, -0.1) is 0 Å². The number of rotatable bonds is 9. The summed E-state index contributed by atoms with van der Waals surface area (Å²) in [6, 6.07) is 2.41. The highest BCUT2D eigenvalue weighted by Crippen LogP contribution is 2.34. The average molecular weight is 482 g/mol. The Morgan fingerprint density at radius 3 is 2.24 bits per heavy atom. The molecule has 1 rings (SSSR count). The Bertz CT molecular complexity index is 838. The summed E-state index contributed by atoms with van der Waals surface area (Å²) < 4.78 is 5.29. The third kappa shape index (κ3) is 8.14. The van der Waals surface area contributed by atoms with Crippen molar-refractivity contribution < 1.29 is 24.2 Å². The SMILES string of the molecule is CCC(C)N(C(=O)C(CS)NC(=O)OC(C)(C)C)C(C(=O)NC(C)C)c1cccc(C)c1O. The lowest BCUT2D eigenvalue weighted by Gasteiger charge is -2.38. The van der Waals surface area contributed by atoms with Gasteiger partial charge in [0, 0.05) is 23.4 Å². The van der Waals surface area contributed by atoms with E-state index < -0.39 is 35.6 Å². The number of phenolic OH excluding ortho intramolecular Hbond substituents is 1. The van der Waals surface area contributed by atoms with Gasteiger partial charge < -0.3 is 25.4 Å². The number of aryl methyl sites for hydroxylation is 1. The number of carbonyl (C=O) groups excluding carboxylic acids is 3. The number of nitrogens with one attached hydrogen (secondary N) is 2. The minimum Gasteiger partial charge on any atom is -0.507 e. The van der Waals surface area contributed by atoms with Crippen molar-refractivity contribution in [3.8, 4) is 5.75 Å². The van der Waals surface area contributed by atoms with E-state index in [1.807, 2.05) is 27.7 Å². The Balaban J connectivity index is 3.51. The average Bonchev–Trinajstić information content (AvgIpc) is 2.69. The maximum Gasteiger partial charge on any atom is 0.408 e. The van der Waals surface area contributed by atoms with Gasteiger partial charge in [0.05, 0.1) is 0 Å². The summed E-state index contributed by atoms with van der Waals surface area (Å²) in [5.41, 5.74) is 0.165. The molecule has 0 spiro atoms. The lowest BCUT2D eigenvalue weighted by Crippen LogP contribution is -2.56. The minimum atomic E-state index is -1.10. The highest BCUT2D eigenvalue weighted by atomic mass is 32.1. The molecule has 0 bridgehead atoms. The third-order valence-electron chi connectivity index (χ3n) is 5.01. The Kier molecular flexibility index (Phi) is 10.5. The van der Waals surface area contributed by atoms with Crippen LogP contribution < -0.4 is 10.6 Å². The van der Waals surface area contributed by atoms with Crippen LogP contribution in [0, 0.1) is 6.92 Å². The molecule has 1 aromatic carbocycles. The van der Waals surface area contributed by atoms with Crippen LogP contribution >= 0.6 is 12.6 Å². The predicted molar refractivity (Wildman–Crippen MR) is 132 cm³/mol. The molecule has 0 saturated carbocycles. The van der Waals surface area contributed by atoms with Crippen LogP contribution in [0.1, 0.15) is 72.1 Å². The van der Waals surface area contributed by atoms with Gasteiger partial charge in [-0.25, -0.2) is 4.79 Å². The Labute approximate surface area is 202 Å². The van der Waals surface area contributed by atoms with E-state index >= 15 is 0 Å². The van der Waals surface area contributed by atoms with Gasteiger partial charge in [0.1, 0.15) is 23.4 Å². The van der Waals surface area contributed by atoms with Crippen molar-refractivity contribution >= 4 is 30.5 Å². The molecule has 0 saturated heterocycles. The van der Waals surface area contributed by atoms with Crippen LogP contribution in [0.3, 0.4) is 0 Å². The quantitative estimate of drug-likeness (QED) is 0.402. The van der Waals surface area contributed by atoms with Gasteiger partial charge >= 0.3 is 6.09 Å². The molecule has 8 nitrogen and oxygen atoms in total. The molecule has 3 amide bonds. The van der Waals surface area contributed by atoms with E-state index in [1.54, 1.807) is 45.9 Å². The standard InChI is InChI=1S/C24H39N3O5S/c1-9-16(5)27(22(30)18(13-33)26-23(31)32-24(6,7)8)19(21(29)25-14(2)3)17-12-10-11-15(4)20(17)28/h10-12,14,16,18-19,28,33H,9,13H2,1-8H3,(H,25,29)(H,26,31). The zero-order valence-electron chi connectivity index (χ0n) is 20.9. The Morgan fingerprint density at radius 1 is 1.15 bits per heavy atom. The number of hydrogen-bond acceptors (Lipinski definition) is 6. The maximum absolute atomic E-state index is 13.7. The van der Waals surface area contributed by atoms with Crippen molar-refractivity contribution in [3.63, 3.8) is 0 Å². The van der Waals surface area contributed by atoms with E-state index in [4.69, 9.17) is 4.74 Å². The fourth-order valence-electron chi connectivity index (χ4n) is 3.29. The van der Waals surface area contributed by atoms with E-state index in [0.717, 1.165) is 0 Å². The number of aromatic hydroxyl groups is 1. The molecular weight excluding hydrogens is 442 g/mol. The molecule has 3 atom stereocenters. The van der Waals surface area contributed by atoms with Crippen LogP contribution in [-0.2, 0) is 14.3 Å². The van der Waals surface area contributed by atoms with E-state index in [0.29, 0.717) is 17.5 Å². The zero-order chi connectivity index (χ0) is 25.5. The molecule has 3 N–H and O–H groups in total. The number of hydrogen-bond donors (Lipinski definition) is 4. The molecule has 0 aliphatic heterocycles. The molecule has 0 aliphatic carbocycles. The number of thiol groups is 1. The molecule has 1 aromatic rings. The smallest absolute Gasteiger partial charge is 0.408 e.